The van der Waals surface area contributed by atoms with Crippen LogP contribution >= 0.6 is 0 Å². The van der Waals surface area contributed by atoms with Crippen molar-refractivity contribution in [3.63, 3.8) is 0 Å². The summed E-state index contributed by atoms with van der Waals surface area (Å²) in [6.45, 7) is 11.2. The van der Waals surface area contributed by atoms with Crippen LogP contribution < -0.4 is 14.8 Å². The molecule has 7 heteroatoms. The highest BCUT2D eigenvalue weighted by molar-refractivity contribution is 7.92. The molecule has 1 amide bonds. The summed E-state index contributed by atoms with van der Waals surface area (Å²) in [5, 5.41) is 2.73. The molecule has 1 atom stereocenters. The molecule has 0 spiro atoms. The number of hydrogen-bond acceptors (Lipinski definition) is 4. The van der Waals surface area contributed by atoms with E-state index >= 15 is 0 Å². The van der Waals surface area contributed by atoms with E-state index < -0.39 is 16.1 Å². The van der Waals surface area contributed by atoms with Gasteiger partial charge in [0.25, 0.3) is 15.9 Å². The lowest BCUT2D eigenvalue weighted by molar-refractivity contribution is -0.122. The Labute approximate surface area is 160 Å². The number of sulfonamides is 1. The molecule has 0 unspecified atom stereocenters. The van der Waals surface area contributed by atoms with Crippen molar-refractivity contribution < 1.29 is 17.9 Å². The first-order valence-electron chi connectivity index (χ1n) is 8.74. The number of benzene rings is 2. The largest absolute Gasteiger partial charge is 0.479 e. The van der Waals surface area contributed by atoms with Gasteiger partial charge in [-0.1, -0.05) is 0 Å². The molecular formula is C20H24N2O4S. The van der Waals surface area contributed by atoms with Crippen molar-refractivity contribution in [1.82, 2.24) is 0 Å². The average Bonchev–Trinajstić information content (AvgIpc) is 2.59. The van der Waals surface area contributed by atoms with Crippen LogP contribution in [0.5, 0.6) is 5.75 Å². The second-order valence-corrected chi connectivity index (χ2v) is 8.64. The van der Waals surface area contributed by atoms with Gasteiger partial charge in [-0.05, 0) is 87.6 Å². The first-order valence-corrected chi connectivity index (χ1v) is 10.2. The highest BCUT2D eigenvalue weighted by Gasteiger charge is 2.26. The number of carbonyl (C=O) groups excluding carboxylic acids is 1. The van der Waals surface area contributed by atoms with E-state index in [1.165, 1.54) is 0 Å². The molecule has 2 N–H and O–H groups in total. The van der Waals surface area contributed by atoms with Gasteiger partial charge in [-0.2, -0.15) is 0 Å². The van der Waals surface area contributed by atoms with Crippen LogP contribution in [-0.2, 0) is 14.8 Å². The summed E-state index contributed by atoms with van der Waals surface area (Å²) in [4.78, 5) is 12.1. The Morgan fingerprint density at radius 2 is 1.52 bits per heavy atom. The van der Waals surface area contributed by atoms with E-state index in [4.69, 9.17) is 4.74 Å². The minimum Gasteiger partial charge on any atom is -0.479 e. The zero-order chi connectivity index (χ0) is 20.1. The van der Waals surface area contributed by atoms with Crippen LogP contribution in [0, 0.1) is 34.6 Å². The summed E-state index contributed by atoms with van der Waals surface area (Å²) in [7, 11) is -3.79. The lowest BCUT2D eigenvalue weighted by Gasteiger charge is -2.24. The number of hydrogen-bond donors (Lipinski definition) is 2. The maximum atomic E-state index is 13.1. The minimum absolute atomic E-state index is 0.265. The number of carbonyl (C=O) groups is 1. The third kappa shape index (κ3) is 3.27. The van der Waals surface area contributed by atoms with Gasteiger partial charge in [0.2, 0.25) is 0 Å². The maximum absolute atomic E-state index is 13.1. The SMILES string of the molecule is Cc1c(C)c(C)c(S(=O)(=O)Nc2ccc3c(c2)NC(=O)[C@@H](C)O3)c(C)c1C. The highest BCUT2D eigenvalue weighted by atomic mass is 32.2. The number of anilines is 2. The van der Waals surface area contributed by atoms with Crippen molar-refractivity contribution in [3.05, 3.63) is 46.0 Å². The van der Waals surface area contributed by atoms with E-state index in [1.54, 1.807) is 25.1 Å². The lowest BCUT2D eigenvalue weighted by atomic mass is 9.95. The Balaban J connectivity index is 2.02. The fraction of sp³-hybridized carbons (Fsp3) is 0.350. The van der Waals surface area contributed by atoms with Crippen molar-refractivity contribution in [2.24, 2.45) is 0 Å². The zero-order valence-electron chi connectivity index (χ0n) is 16.4. The normalized spacial score (nSPS) is 16.4. The number of fused-ring (bicyclic) bond motifs is 1. The van der Waals surface area contributed by atoms with E-state index in [1.807, 2.05) is 34.6 Å². The van der Waals surface area contributed by atoms with Crippen LogP contribution in [0.4, 0.5) is 11.4 Å². The van der Waals surface area contributed by atoms with Crippen molar-refractivity contribution in [2.75, 3.05) is 10.0 Å². The molecule has 6 nitrogen and oxygen atoms in total. The molecule has 144 valence electrons. The van der Waals surface area contributed by atoms with Crippen LogP contribution in [0.1, 0.15) is 34.7 Å². The summed E-state index contributed by atoms with van der Waals surface area (Å²) in [6.07, 6.45) is -0.580. The van der Waals surface area contributed by atoms with Crippen molar-refractivity contribution >= 4 is 27.3 Å². The predicted molar refractivity (Wildman–Crippen MR) is 106 cm³/mol. The van der Waals surface area contributed by atoms with Gasteiger partial charge in [0, 0.05) is 0 Å². The molecule has 0 aliphatic carbocycles. The van der Waals surface area contributed by atoms with E-state index in [0.717, 1.165) is 27.8 Å². The second kappa shape index (κ2) is 6.56. The van der Waals surface area contributed by atoms with E-state index in [9.17, 15) is 13.2 Å². The molecule has 2 aromatic rings. The number of rotatable bonds is 3. The summed E-state index contributed by atoms with van der Waals surface area (Å²) < 4.78 is 34.4. The zero-order valence-corrected chi connectivity index (χ0v) is 17.2. The Bertz CT molecular complexity index is 1030. The highest BCUT2D eigenvalue weighted by Crippen LogP contribution is 2.34. The minimum atomic E-state index is -3.79. The summed E-state index contributed by atoms with van der Waals surface area (Å²) in [5.41, 5.74) is 5.34. The lowest BCUT2D eigenvalue weighted by Crippen LogP contribution is -2.34. The molecule has 0 saturated carbocycles. The first kappa shape index (κ1) is 19.2. The smallest absolute Gasteiger partial charge is 0.265 e. The molecule has 0 aromatic heterocycles. The molecule has 1 aliphatic heterocycles. The van der Waals surface area contributed by atoms with Crippen LogP contribution in [0.15, 0.2) is 23.1 Å². The number of amides is 1. The Morgan fingerprint density at radius 1 is 0.963 bits per heavy atom. The molecule has 1 aliphatic rings. The molecule has 2 aromatic carbocycles. The molecule has 27 heavy (non-hydrogen) atoms. The number of ether oxygens (including phenoxy) is 1. The molecule has 0 fully saturated rings. The molecule has 0 saturated heterocycles. The fourth-order valence-electron chi connectivity index (χ4n) is 3.35. The summed E-state index contributed by atoms with van der Waals surface area (Å²) in [5.74, 6) is 0.249. The Hall–Kier alpha value is -2.54. The first-order chi connectivity index (χ1) is 12.5. The van der Waals surface area contributed by atoms with E-state index in [-0.39, 0.29) is 5.91 Å². The van der Waals surface area contributed by atoms with Crippen molar-refractivity contribution in [3.8, 4) is 5.75 Å². The van der Waals surface area contributed by atoms with Crippen LogP contribution in [0.25, 0.3) is 0 Å². The van der Waals surface area contributed by atoms with Crippen molar-refractivity contribution in [2.45, 2.75) is 52.5 Å². The quantitative estimate of drug-likeness (QED) is 0.839. The molecule has 0 bridgehead atoms. The van der Waals surface area contributed by atoms with Gasteiger partial charge in [0.1, 0.15) is 5.75 Å². The van der Waals surface area contributed by atoms with Crippen molar-refractivity contribution in [1.29, 1.82) is 0 Å². The monoisotopic (exact) mass is 388 g/mol. The average molecular weight is 388 g/mol. The van der Waals surface area contributed by atoms with Gasteiger partial charge >= 0.3 is 0 Å². The third-order valence-electron chi connectivity index (χ3n) is 5.36. The Morgan fingerprint density at radius 3 is 2.11 bits per heavy atom. The predicted octanol–water partition coefficient (Wildman–Crippen LogP) is 3.75. The van der Waals surface area contributed by atoms with Gasteiger partial charge in [-0.15, -0.1) is 0 Å². The standard InChI is InChI=1S/C20H24N2O4S/c1-10-11(2)13(4)19(14(5)12(10)3)27(24,25)22-16-7-8-18-17(9-16)21-20(23)15(6)26-18/h7-9,15,22H,1-6H3,(H,21,23)/t15-/m1/s1. The fourth-order valence-corrected chi connectivity index (χ4v) is 5.00. The topological polar surface area (TPSA) is 84.5 Å². The Kier molecular flexibility index (Phi) is 4.67. The summed E-state index contributed by atoms with van der Waals surface area (Å²) in [6, 6.07) is 4.84. The molecule has 3 rings (SSSR count). The van der Waals surface area contributed by atoms with E-state index in [0.29, 0.717) is 22.0 Å². The molecule has 0 radical (unpaired) electrons. The summed E-state index contributed by atoms with van der Waals surface area (Å²) >= 11 is 0. The second-order valence-electron chi connectivity index (χ2n) is 7.02. The molecule has 1 heterocycles. The van der Waals surface area contributed by atoms with Gasteiger partial charge in [0.15, 0.2) is 6.10 Å². The third-order valence-corrected chi connectivity index (χ3v) is 7.02. The van der Waals surface area contributed by atoms with Crippen LogP contribution in [0.2, 0.25) is 0 Å². The van der Waals surface area contributed by atoms with Crippen LogP contribution in [0.3, 0.4) is 0 Å². The molecular weight excluding hydrogens is 364 g/mol. The van der Waals surface area contributed by atoms with Gasteiger partial charge in [-0.3, -0.25) is 9.52 Å². The van der Waals surface area contributed by atoms with Gasteiger partial charge in [0.05, 0.1) is 16.3 Å². The number of nitrogens with one attached hydrogen (secondary N) is 2. The van der Waals surface area contributed by atoms with Gasteiger partial charge in [-0.25, -0.2) is 8.42 Å². The maximum Gasteiger partial charge on any atom is 0.265 e. The van der Waals surface area contributed by atoms with Gasteiger partial charge < -0.3 is 10.1 Å². The van der Waals surface area contributed by atoms with Crippen LogP contribution in [-0.4, -0.2) is 20.4 Å². The van der Waals surface area contributed by atoms with E-state index in [2.05, 4.69) is 10.0 Å².